The van der Waals surface area contributed by atoms with Crippen molar-refractivity contribution in [2.24, 2.45) is 0 Å². The Morgan fingerprint density at radius 2 is 1.89 bits per heavy atom. The summed E-state index contributed by atoms with van der Waals surface area (Å²) < 4.78 is 10.9. The normalized spacial score (nSPS) is 12.1. The Kier molecular flexibility index (Phi) is 3.81. The highest BCUT2D eigenvalue weighted by Crippen LogP contribution is 2.28. The van der Waals surface area contributed by atoms with Crippen LogP contribution >= 0.6 is 0 Å². The Bertz CT molecular complexity index is 587. The van der Waals surface area contributed by atoms with Gasteiger partial charge in [-0.1, -0.05) is 24.3 Å². The fourth-order valence-corrected chi connectivity index (χ4v) is 1.96. The summed E-state index contributed by atoms with van der Waals surface area (Å²) in [5, 5.41) is 11.0. The molecule has 0 spiro atoms. The minimum atomic E-state index is -0.0219. The summed E-state index contributed by atoms with van der Waals surface area (Å²) in [7, 11) is 1.65. The zero-order valence-corrected chi connectivity index (χ0v) is 10.5. The fraction of sp³-hybridized carbons (Fsp3) is 0.267. The molecule has 1 unspecified atom stereocenters. The van der Waals surface area contributed by atoms with Crippen LogP contribution in [-0.4, -0.2) is 19.8 Å². The van der Waals surface area contributed by atoms with E-state index in [4.69, 9.17) is 14.7 Å². The van der Waals surface area contributed by atoms with Crippen molar-refractivity contribution < 1.29 is 9.47 Å². The molecule has 3 heteroatoms. The molecule has 2 aromatic rings. The first-order chi connectivity index (χ1) is 8.76. The topological polar surface area (TPSA) is 42.2 Å². The molecule has 0 bridgehead atoms. The maximum Gasteiger partial charge on any atom is 0.127 e. The molecule has 0 radical (unpaired) electrons. The lowest BCUT2D eigenvalue weighted by atomic mass is 10.0. The number of nitriles is 1. The van der Waals surface area contributed by atoms with Crippen molar-refractivity contribution in [2.45, 2.75) is 13.0 Å². The second-order valence-corrected chi connectivity index (χ2v) is 4.15. The third-order valence-corrected chi connectivity index (χ3v) is 2.73. The average Bonchev–Trinajstić information content (AvgIpc) is 2.39. The number of hydrogen-bond acceptors (Lipinski definition) is 3. The van der Waals surface area contributed by atoms with Gasteiger partial charge in [0.1, 0.15) is 11.9 Å². The Morgan fingerprint density at radius 3 is 2.56 bits per heavy atom. The molecule has 2 rings (SSSR count). The van der Waals surface area contributed by atoms with Crippen LogP contribution in [-0.2, 0) is 4.74 Å². The number of nitrogens with zero attached hydrogens (tertiary/aromatic N) is 1. The smallest absolute Gasteiger partial charge is 0.127 e. The van der Waals surface area contributed by atoms with Gasteiger partial charge in [-0.2, -0.15) is 5.26 Å². The maximum atomic E-state index is 9.08. The Labute approximate surface area is 107 Å². The van der Waals surface area contributed by atoms with Gasteiger partial charge >= 0.3 is 0 Å². The Balaban J connectivity index is 2.44. The number of fused-ring (bicyclic) bond motifs is 1. The van der Waals surface area contributed by atoms with Gasteiger partial charge in [0.15, 0.2) is 0 Å². The second-order valence-electron chi connectivity index (χ2n) is 4.15. The summed E-state index contributed by atoms with van der Waals surface area (Å²) in [4.78, 5) is 0. The van der Waals surface area contributed by atoms with Crippen LogP contribution in [0.3, 0.4) is 0 Å². The monoisotopic (exact) mass is 241 g/mol. The first kappa shape index (κ1) is 12.4. The molecule has 0 amide bonds. The number of ether oxygens (including phenoxy) is 2. The molecule has 3 nitrogen and oxygen atoms in total. The summed E-state index contributed by atoms with van der Waals surface area (Å²) in [6.45, 7) is 2.49. The van der Waals surface area contributed by atoms with Crippen LogP contribution in [0.1, 0.15) is 12.5 Å². The molecule has 18 heavy (non-hydrogen) atoms. The van der Waals surface area contributed by atoms with Gasteiger partial charge in [-0.3, -0.25) is 0 Å². The van der Waals surface area contributed by atoms with Crippen LogP contribution in [0.4, 0.5) is 0 Å². The van der Waals surface area contributed by atoms with Crippen molar-refractivity contribution in [3.05, 3.63) is 42.0 Å². The third-order valence-electron chi connectivity index (χ3n) is 2.73. The molecule has 0 saturated heterocycles. The van der Waals surface area contributed by atoms with E-state index < -0.39 is 0 Å². The maximum absolute atomic E-state index is 9.08. The number of methoxy groups -OCH3 is 1. The van der Waals surface area contributed by atoms with Gasteiger partial charge in [-0.05, 0) is 19.1 Å². The van der Waals surface area contributed by atoms with Gasteiger partial charge in [0, 0.05) is 17.9 Å². The van der Waals surface area contributed by atoms with Crippen LogP contribution in [0.2, 0.25) is 0 Å². The lowest BCUT2D eigenvalue weighted by molar-refractivity contribution is 0.0931. The van der Waals surface area contributed by atoms with Gasteiger partial charge in [0.25, 0.3) is 0 Å². The van der Waals surface area contributed by atoms with Crippen LogP contribution in [0.15, 0.2) is 36.4 Å². The molecule has 2 aromatic carbocycles. The minimum absolute atomic E-state index is 0.0219. The summed E-state index contributed by atoms with van der Waals surface area (Å²) in [6, 6.07) is 13.6. The van der Waals surface area contributed by atoms with Crippen molar-refractivity contribution >= 4 is 10.8 Å². The van der Waals surface area contributed by atoms with E-state index in [0.717, 1.165) is 16.5 Å². The molecule has 0 aliphatic rings. The molecule has 0 heterocycles. The summed E-state index contributed by atoms with van der Waals surface area (Å²) >= 11 is 0. The molecule has 0 aliphatic heterocycles. The largest absolute Gasteiger partial charge is 0.488 e. The molecular formula is C15H15NO2. The Hall–Kier alpha value is -2.05. The minimum Gasteiger partial charge on any atom is -0.488 e. The van der Waals surface area contributed by atoms with Crippen LogP contribution < -0.4 is 4.74 Å². The molecule has 0 N–H and O–H groups in total. The van der Waals surface area contributed by atoms with E-state index >= 15 is 0 Å². The molecule has 1 atom stereocenters. The SMILES string of the molecule is COCC(C)Oc1ccc(C#N)c2ccccc12. The predicted molar refractivity (Wildman–Crippen MR) is 70.6 cm³/mol. The van der Waals surface area contributed by atoms with Crippen molar-refractivity contribution in [3.8, 4) is 11.8 Å². The standard InChI is InChI=1S/C15H15NO2/c1-11(10-17-2)18-15-8-7-12(9-16)13-5-3-4-6-14(13)15/h3-8,11H,10H2,1-2H3. The number of benzene rings is 2. The molecule has 0 saturated carbocycles. The van der Waals surface area contributed by atoms with Crippen LogP contribution in [0.25, 0.3) is 10.8 Å². The van der Waals surface area contributed by atoms with E-state index in [2.05, 4.69) is 6.07 Å². The molecule has 92 valence electrons. The first-order valence-corrected chi connectivity index (χ1v) is 5.83. The van der Waals surface area contributed by atoms with Gasteiger partial charge in [0.05, 0.1) is 18.2 Å². The first-order valence-electron chi connectivity index (χ1n) is 5.83. The quantitative estimate of drug-likeness (QED) is 0.825. The van der Waals surface area contributed by atoms with Gasteiger partial charge < -0.3 is 9.47 Å². The molecule has 0 aliphatic carbocycles. The highest BCUT2D eigenvalue weighted by Gasteiger charge is 2.09. The zero-order valence-electron chi connectivity index (χ0n) is 10.5. The second kappa shape index (κ2) is 5.52. The van der Waals surface area contributed by atoms with E-state index in [9.17, 15) is 0 Å². The summed E-state index contributed by atoms with van der Waals surface area (Å²) in [5.74, 6) is 0.786. The van der Waals surface area contributed by atoms with Crippen LogP contribution in [0.5, 0.6) is 5.75 Å². The van der Waals surface area contributed by atoms with Crippen LogP contribution in [0, 0.1) is 11.3 Å². The number of hydrogen-bond donors (Lipinski definition) is 0. The fourth-order valence-electron chi connectivity index (χ4n) is 1.96. The molecule has 0 aromatic heterocycles. The van der Waals surface area contributed by atoms with E-state index in [-0.39, 0.29) is 6.10 Å². The van der Waals surface area contributed by atoms with E-state index in [1.54, 1.807) is 13.2 Å². The molecule has 0 fully saturated rings. The van der Waals surface area contributed by atoms with Crippen molar-refractivity contribution in [2.75, 3.05) is 13.7 Å². The van der Waals surface area contributed by atoms with E-state index in [1.807, 2.05) is 37.3 Å². The van der Waals surface area contributed by atoms with E-state index in [0.29, 0.717) is 12.2 Å². The Morgan fingerprint density at radius 1 is 1.17 bits per heavy atom. The van der Waals surface area contributed by atoms with Gasteiger partial charge in [0.2, 0.25) is 0 Å². The highest BCUT2D eigenvalue weighted by molar-refractivity contribution is 5.92. The lowest BCUT2D eigenvalue weighted by Crippen LogP contribution is -2.18. The van der Waals surface area contributed by atoms with Crippen molar-refractivity contribution in [3.63, 3.8) is 0 Å². The molecular weight excluding hydrogens is 226 g/mol. The zero-order chi connectivity index (χ0) is 13.0. The lowest BCUT2D eigenvalue weighted by Gasteiger charge is -2.15. The summed E-state index contributed by atoms with van der Waals surface area (Å²) in [6.07, 6.45) is -0.0219. The van der Waals surface area contributed by atoms with Crippen molar-refractivity contribution in [1.29, 1.82) is 5.26 Å². The summed E-state index contributed by atoms with van der Waals surface area (Å²) in [5.41, 5.74) is 0.664. The predicted octanol–water partition coefficient (Wildman–Crippen LogP) is 3.13. The highest BCUT2D eigenvalue weighted by atomic mass is 16.5. The van der Waals surface area contributed by atoms with Gasteiger partial charge in [-0.25, -0.2) is 0 Å². The third kappa shape index (κ3) is 2.44. The number of rotatable bonds is 4. The van der Waals surface area contributed by atoms with Gasteiger partial charge in [-0.15, -0.1) is 0 Å². The average molecular weight is 241 g/mol. The van der Waals surface area contributed by atoms with Crippen molar-refractivity contribution in [1.82, 2.24) is 0 Å². The van der Waals surface area contributed by atoms with E-state index in [1.165, 1.54) is 0 Å².